The van der Waals surface area contributed by atoms with Crippen LogP contribution in [0, 0.1) is 46.3 Å². The van der Waals surface area contributed by atoms with Gasteiger partial charge in [0.05, 0.1) is 33.8 Å². The number of allylic oxidation sites excluding steroid dienone is 1. The number of hydrogen-bond donors (Lipinski definition) is 2. The van der Waals surface area contributed by atoms with E-state index in [1.54, 1.807) is 5.57 Å². The summed E-state index contributed by atoms with van der Waals surface area (Å²) >= 11 is 0. The maximum atomic E-state index is 12.6. The molecule has 0 aromatic carbocycles. The summed E-state index contributed by atoms with van der Waals surface area (Å²) in [7, 11) is 4.14. The Kier molecular flexibility index (Phi) is 9.84. The molecule has 5 heteroatoms. The summed E-state index contributed by atoms with van der Waals surface area (Å²) in [6, 6.07) is 0. The van der Waals surface area contributed by atoms with Crippen LogP contribution in [0.1, 0.15) is 105 Å². The third kappa shape index (κ3) is 6.71. The number of quaternary nitrogens is 1. The van der Waals surface area contributed by atoms with Crippen molar-refractivity contribution in [1.82, 2.24) is 5.32 Å². The number of carbonyl (C=O) groups excluding carboxylic acids is 1. The van der Waals surface area contributed by atoms with Crippen molar-refractivity contribution < 1.29 is 19.1 Å². The van der Waals surface area contributed by atoms with Crippen LogP contribution in [-0.2, 0) is 4.74 Å². The second kappa shape index (κ2) is 12.4. The predicted octanol–water partition coefficient (Wildman–Crippen LogP) is 7.19. The van der Waals surface area contributed by atoms with Gasteiger partial charge in [0.2, 0.25) is 0 Å². The zero-order chi connectivity index (χ0) is 28.4. The third-order valence-corrected chi connectivity index (χ3v) is 12.2. The molecule has 2 N–H and O–H groups in total. The molecule has 0 aliphatic heterocycles. The average Bonchev–Trinajstić information content (AvgIpc) is 3.21. The number of rotatable bonds is 11. The molecule has 3 saturated carbocycles. The number of aliphatic hydroxyl groups is 1. The second-order valence-electron chi connectivity index (χ2n) is 15.6. The predicted molar refractivity (Wildman–Crippen MR) is 160 cm³/mol. The minimum absolute atomic E-state index is 0.00257. The Morgan fingerprint density at radius 2 is 1.85 bits per heavy atom. The fourth-order valence-electron chi connectivity index (χ4n) is 9.79. The Morgan fingerprint density at radius 1 is 1.08 bits per heavy atom. The number of carbonyl (C=O) groups is 1. The maximum Gasteiger partial charge on any atom is 0.407 e. The molecule has 0 heterocycles. The van der Waals surface area contributed by atoms with Gasteiger partial charge >= 0.3 is 6.09 Å². The molecule has 8 atom stereocenters. The number of amides is 1. The normalized spacial score (nSPS) is 36.9. The Morgan fingerprint density at radius 3 is 2.56 bits per heavy atom. The molecule has 4 aliphatic rings. The van der Waals surface area contributed by atoms with Crippen LogP contribution >= 0.6 is 0 Å². The quantitative estimate of drug-likeness (QED) is 0.213. The molecule has 0 aromatic rings. The lowest BCUT2D eigenvalue weighted by Gasteiger charge is -2.58. The largest absolute Gasteiger partial charge is 0.446 e. The Bertz CT molecular complexity index is 869. The average molecular weight is 546 g/mol. The first kappa shape index (κ1) is 30.9. The van der Waals surface area contributed by atoms with Crippen LogP contribution in [0.3, 0.4) is 0 Å². The lowest BCUT2D eigenvalue weighted by Crippen LogP contribution is -2.51. The van der Waals surface area contributed by atoms with Crippen LogP contribution in [-0.4, -0.2) is 62.1 Å². The summed E-state index contributed by atoms with van der Waals surface area (Å²) in [5.74, 6) is 5.12. The Balaban J connectivity index is 1.33. The van der Waals surface area contributed by atoms with Crippen LogP contribution < -0.4 is 5.32 Å². The summed E-state index contributed by atoms with van der Waals surface area (Å²) in [4.78, 5) is 12.6. The van der Waals surface area contributed by atoms with E-state index in [4.69, 9.17) is 4.74 Å². The standard InChI is InChI=1S/C34H60N2O3/c1-24(2)9-8-10-25(3)29-13-14-30-28-12-11-26-23-27(39-32(38)35-19-20-36(6,7)21-22-37)15-17-33(26,4)31(28)16-18-34(29,30)5/h11,24-25,27-31,37H,8-10,12-23H2,1-7H3/p+1/t25-,27+,28+,29-,30+,31+,33+,34-/m1/s1. The molecule has 0 spiro atoms. The van der Waals surface area contributed by atoms with Gasteiger partial charge in [0, 0.05) is 6.42 Å². The highest BCUT2D eigenvalue weighted by molar-refractivity contribution is 5.67. The van der Waals surface area contributed by atoms with Gasteiger partial charge in [-0.2, -0.15) is 0 Å². The van der Waals surface area contributed by atoms with Gasteiger partial charge < -0.3 is 19.6 Å². The number of nitrogens with zero attached hydrogens (tertiary/aromatic N) is 1. The topological polar surface area (TPSA) is 58.6 Å². The van der Waals surface area contributed by atoms with E-state index in [0.29, 0.717) is 23.0 Å². The van der Waals surface area contributed by atoms with Gasteiger partial charge in [0.1, 0.15) is 12.6 Å². The Hall–Kier alpha value is -1.07. The maximum absolute atomic E-state index is 12.6. The molecule has 0 radical (unpaired) electrons. The molecule has 4 aliphatic carbocycles. The van der Waals surface area contributed by atoms with E-state index in [2.05, 4.69) is 60.1 Å². The van der Waals surface area contributed by atoms with Crippen molar-refractivity contribution in [3.8, 4) is 0 Å². The molecule has 5 nitrogen and oxygen atoms in total. The van der Waals surface area contributed by atoms with Crippen molar-refractivity contribution in [2.24, 2.45) is 46.3 Å². The zero-order valence-corrected chi connectivity index (χ0v) is 26.4. The van der Waals surface area contributed by atoms with Gasteiger partial charge in [0.25, 0.3) is 0 Å². The van der Waals surface area contributed by atoms with E-state index in [9.17, 15) is 9.90 Å². The van der Waals surface area contributed by atoms with Crippen LogP contribution in [0.15, 0.2) is 11.6 Å². The number of aliphatic hydroxyl groups excluding tert-OH is 1. The highest BCUT2D eigenvalue weighted by atomic mass is 16.6. The van der Waals surface area contributed by atoms with E-state index >= 15 is 0 Å². The molecule has 39 heavy (non-hydrogen) atoms. The summed E-state index contributed by atoms with van der Waals surface area (Å²) in [6.45, 7) is 14.7. The summed E-state index contributed by atoms with van der Waals surface area (Å²) in [5, 5.41) is 12.2. The number of likely N-dealkylation sites (N-methyl/N-ethyl adjacent to an activating group) is 1. The van der Waals surface area contributed by atoms with Crippen LogP contribution in [0.5, 0.6) is 0 Å². The summed E-state index contributed by atoms with van der Waals surface area (Å²) in [6.07, 6.45) is 16.5. The first-order valence-electron chi connectivity index (χ1n) is 16.5. The highest BCUT2D eigenvalue weighted by Crippen LogP contribution is 2.67. The molecular formula is C34H61N2O3+. The van der Waals surface area contributed by atoms with E-state index in [1.807, 2.05) is 0 Å². The molecule has 4 rings (SSSR count). The molecule has 3 fully saturated rings. The van der Waals surface area contributed by atoms with E-state index < -0.39 is 0 Å². The van der Waals surface area contributed by atoms with Crippen LogP contribution in [0.4, 0.5) is 4.79 Å². The third-order valence-electron chi connectivity index (χ3n) is 12.2. The monoisotopic (exact) mass is 545 g/mol. The van der Waals surface area contributed by atoms with Gasteiger partial charge in [-0.1, -0.05) is 65.5 Å². The van der Waals surface area contributed by atoms with Gasteiger partial charge in [-0.05, 0) is 91.3 Å². The SMILES string of the molecule is CC(C)CCC[C@@H](C)[C@H]1CC[C@H]2[C@@H]3CC=C4C[C@@H](OC(=O)NCC[N+](C)(C)CCO)CC[C@]4(C)[C@H]3CC[C@]12C. The van der Waals surface area contributed by atoms with Gasteiger partial charge in [-0.15, -0.1) is 0 Å². The molecular weight excluding hydrogens is 484 g/mol. The van der Waals surface area contributed by atoms with E-state index in [0.717, 1.165) is 61.3 Å². The highest BCUT2D eigenvalue weighted by Gasteiger charge is 2.59. The van der Waals surface area contributed by atoms with Crippen LogP contribution in [0.2, 0.25) is 0 Å². The Labute approximate surface area is 240 Å². The molecule has 0 unspecified atom stereocenters. The molecule has 1 amide bonds. The first-order valence-corrected chi connectivity index (χ1v) is 16.5. The van der Waals surface area contributed by atoms with E-state index in [1.165, 1.54) is 51.4 Å². The van der Waals surface area contributed by atoms with Gasteiger partial charge in [-0.3, -0.25) is 0 Å². The lowest BCUT2D eigenvalue weighted by atomic mass is 9.47. The first-order chi connectivity index (χ1) is 18.4. The number of fused-ring (bicyclic) bond motifs is 5. The minimum atomic E-state index is -0.283. The number of hydrogen-bond acceptors (Lipinski definition) is 3. The zero-order valence-electron chi connectivity index (χ0n) is 26.4. The van der Waals surface area contributed by atoms with Crippen molar-refractivity contribution >= 4 is 6.09 Å². The second-order valence-corrected chi connectivity index (χ2v) is 15.6. The van der Waals surface area contributed by atoms with Crippen LogP contribution in [0.25, 0.3) is 0 Å². The lowest BCUT2D eigenvalue weighted by molar-refractivity contribution is -0.889. The van der Waals surface area contributed by atoms with Crippen molar-refractivity contribution in [3.05, 3.63) is 11.6 Å². The smallest absolute Gasteiger partial charge is 0.407 e. The number of ether oxygens (including phenoxy) is 1. The molecule has 0 saturated heterocycles. The summed E-state index contributed by atoms with van der Waals surface area (Å²) < 4.78 is 6.61. The van der Waals surface area contributed by atoms with Crippen molar-refractivity contribution in [3.63, 3.8) is 0 Å². The van der Waals surface area contributed by atoms with Crippen molar-refractivity contribution in [1.29, 1.82) is 0 Å². The fourth-order valence-corrected chi connectivity index (χ4v) is 9.79. The van der Waals surface area contributed by atoms with E-state index in [-0.39, 0.29) is 24.2 Å². The van der Waals surface area contributed by atoms with Gasteiger partial charge in [0.15, 0.2) is 0 Å². The fraction of sp³-hybridized carbons (Fsp3) is 0.912. The van der Waals surface area contributed by atoms with Crippen molar-refractivity contribution in [2.45, 2.75) is 111 Å². The minimum Gasteiger partial charge on any atom is -0.446 e. The van der Waals surface area contributed by atoms with Gasteiger partial charge in [-0.25, -0.2) is 4.79 Å². The number of alkyl carbamates (subject to hydrolysis) is 1. The summed E-state index contributed by atoms with van der Waals surface area (Å²) in [5.41, 5.74) is 2.39. The molecule has 0 bridgehead atoms. The molecule has 224 valence electrons. The molecule has 0 aromatic heterocycles. The van der Waals surface area contributed by atoms with Crippen molar-refractivity contribution in [2.75, 3.05) is 40.3 Å². The number of nitrogens with one attached hydrogen (secondary N) is 1.